The standard InChI is InChI=1S/C17H21NO5/c1-11(19)23-14-9-7-13(8-10-14)16(20)18-15(17(21)22)12-5-3-2-4-6-12/h7-10,12,15H,2-6H2,1H3,(H,18,20)(H,21,22)/t15-/m1/s1. The summed E-state index contributed by atoms with van der Waals surface area (Å²) in [5.41, 5.74) is 0.336. The summed E-state index contributed by atoms with van der Waals surface area (Å²) in [6, 6.07) is 5.16. The predicted octanol–water partition coefficient (Wildman–Crippen LogP) is 2.38. The molecule has 0 saturated heterocycles. The molecular formula is C17H21NO5. The second-order valence-corrected chi connectivity index (χ2v) is 5.81. The van der Waals surface area contributed by atoms with Gasteiger partial charge in [0.05, 0.1) is 0 Å². The second kappa shape index (κ2) is 7.76. The second-order valence-electron chi connectivity index (χ2n) is 5.81. The Morgan fingerprint density at radius 3 is 2.26 bits per heavy atom. The summed E-state index contributed by atoms with van der Waals surface area (Å²) in [5, 5.41) is 12.0. The van der Waals surface area contributed by atoms with Crippen LogP contribution in [0.25, 0.3) is 0 Å². The summed E-state index contributed by atoms with van der Waals surface area (Å²) in [7, 11) is 0. The van der Waals surface area contributed by atoms with Gasteiger partial charge in [-0.25, -0.2) is 4.79 Å². The maximum absolute atomic E-state index is 12.3. The lowest BCUT2D eigenvalue weighted by atomic mass is 9.84. The van der Waals surface area contributed by atoms with Gasteiger partial charge in [0.2, 0.25) is 0 Å². The zero-order valence-electron chi connectivity index (χ0n) is 13.1. The lowest BCUT2D eigenvalue weighted by Gasteiger charge is -2.28. The molecule has 1 aliphatic rings. The number of esters is 1. The first kappa shape index (κ1) is 17.0. The molecule has 0 spiro atoms. The molecule has 0 heterocycles. The number of benzene rings is 1. The van der Waals surface area contributed by atoms with Crippen molar-refractivity contribution in [3.05, 3.63) is 29.8 Å². The van der Waals surface area contributed by atoms with E-state index in [1.165, 1.54) is 31.2 Å². The number of carboxylic acid groups (broad SMARTS) is 1. The van der Waals surface area contributed by atoms with Crippen molar-refractivity contribution >= 4 is 17.8 Å². The molecule has 2 N–H and O–H groups in total. The molecule has 6 nitrogen and oxygen atoms in total. The van der Waals surface area contributed by atoms with Crippen LogP contribution in [-0.4, -0.2) is 29.0 Å². The third kappa shape index (κ3) is 4.81. The van der Waals surface area contributed by atoms with Gasteiger partial charge in [0, 0.05) is 12.5 Å². The van der Waals surface area contributed by atoms with E-state index >= 15 is 0 Å². The highest BCUT2D eigenvalue weighted by atomic mass is 16.5. The van der Waals surface area contributed by atoms with Crippen molar-refractivity contribution < 1.29 is 24.2 Å². The van der Waals surface area contributed by atoms with Crippen LogP contribution in [0, 0.1) is 5.92 Å². The minimum Gasteiger partial charge on any atom is -0.480 e. The first-order chi connectivity index (χ1) is 11.0. The average molecular weight is 319 g/mol. The van der Waals surface area contributed by atoms with E-state index in [0.717, 1.165) is 32.1 Å². The molecule has 1 aromatic rings. The summed E-state index contributed by atoms with van der Waals surface area (Å²) >= 11 is 0. The lowest BCUT2D eigenvalue weighted by molar-refractivity contribution is -0.141. The van der Waals surface area contributed by atoms with Crippen molar-refractivity contribution in [2.45, 2.75) is 45.1 Å². The van der Waals surface area contributed by atoms with Crippen molar-refractivity contribution in [1.29, 1.82) is 0 Å². The number of hydrogen-bond donors (Lipinski definition) is 2. The summed E-state index contributed by atoms with van der Waals surface area (Å²) in [5.74, 6) is -1.55. The molecule has 2 rings (SSSR count). The van der Waals surface area contributed by atoms with Gasteiger partial charge in [-0.2, -0.15) is 0 Å². The third-order valence-electron chi connectivity index (χ3n) is 4.05. The highest BCUT2D eigenvalue weighted by molar-refractivity contribution is 5.96. The molecule has 1 atom stereocenters. The van der Waals surface area contributed by atoms with Crippen LogP contribution >= 0.6 is 0 Å². The van der Waals surface area contributed by atoms with Gasteiger partial charge in [0.15, 0.2) is 0 Å². The fourth-order valence-electron chi connectivity index (χ4n) is 2.91. The molecule has 6 heteroatoms. The van der Waals surface area contributed by atoms with Crippen LogP contribution in [0.3, 0.4) is 0 Å². The van der Waals surface area contributed by atoms with E-state index in [1.807, 2.05) is 0 Å². The van der Waals surface area contributed by atoms with Crippen molar-refractivity contribution in [3.8, 4) is 5.75 Å². The molecule has 1 fully saturated rings. The van der Waals surface area contributed by atoms with Gasteiger partial charge in [0.25, 0.3) is 5.91 Å². The quantitative estimate of drug-likeness (QED) is 0.642. The summed E-state index contributed by atoms with van der Waals surface area (Å²) in [4.78, 5) is 34.6. The van der Waals surface area contributed by atoms with E-state index in [4.69, 9.17) is 4.74 Å². The van der Waals surface area contributed by atoms with Gasteiger partial charge >= 0.3 is 11.9 Å². The van der Waals surface area contributed by atoms with E-state index < -0.39 is 23.9 Å². The first-order valence-electron chi connectivity index (χ1n) is 7.79. The Hall–Kier alpha value is -2.37. The molecule has 0 unspecified atom stereocenters. The first-order valence-corrected chi connectivity index (χ1v) is 7.79. The fourth-order valence-corrected chi connectivity index (χ4v) is 2.91. The number of rotatable bonds is 5. The number of carboxylic acids is 1. The van der Waals surface area contributed by atoms with Gasteiger partial charge in [0.1, 0.15) is 11.8 Å². The monoisotopic (exact) mass is 319 g/mol. The van der Waals surface area contributed by atoms with Crippen molar-refractivity contribution in [3.63, 3.8) is 0 Å². The third-order valence-corrected chi connectivity index (χ3v) is 4.05. The Balaban J connectivity index is 2.03. The van der Waals surface area contributed by atoms with Gasteiger partial charge in [-0.05, 0) is 43.0 Å². The molecule has 23 heavy (non-hydrogen) atoms. The molecule has 0 bridgehead atoms. The van der Waals surface area contributed by atoms with Gasteiger partial charge < -0.3 is 15.2 Å². The summed E-state index contributed by atoms with van der Waals surface area (Å²) in [6.07, 6.45) is 4.77. The van der Waals surface area contributed by atoms with E-state index in [1.54, 1.807) is 0 Å². The topological polar surface area (TPSA) is 92.7 Å². The van der Waals surface area contributed by atoms with E-state index in [0.29, 0.717) is 11.3 Å². The minimum absolute atomic E-state index is 0.0227. The maximum Gasteiger partial charge on any atom is 0.326 e. The molecular weight excluding hydrogens is 298 g/mol. The summed E-state index contributed by atoms with van der Waals surface area (Å²) in [6.45, 7) is 1.29. The Morgan fingerprint density at radius 2 is 1.74 bits per heavy atom. The predicted molar refractivity (Wildman–Crippen MR) is 83.2 cm³/mol. The van der Waals surface area contributed by atoms with E-state index in [9.17, 15) is 19.5 Å². The van der Waals surface area contributed by atoms with E-state index in [-0.39, 0.29) is 5.92 Å². The van der Waals surface area contributed by atoms with Crippen molar-refractivity contribution in [2.75, 3.05) is 0 Å². The average Bonchev–Trinajstić information content (AvgIpc) is 2.53. The van der Waals surface area contributed by atoms with Crippen LogP contribution in [0.2, 0.25) is 0 Å². The zero-order chi connectivity index (χ0) is 16.8. The van der Waals surface area contributed by atoms with Gasteiger partial charge in [-0.1, -0.05) is 19.3 Å². The Bertz CT molecular complexity index is 575. The number of ether oxygens (including phenoxy) is 1. The van der Waals surface area contributed by atoms with E-state index in [2.05, 4.69) is 5.32 Å². The van der Waals surface area contributed by atoms with Crippen molar-refractivity contribution in [1.82, 2.24) is 5.32 Å². The number of carbonyl (C=O) groups excluding carboxylic acids is 2. The highest BCUT2D eigenvalue weighted by Crippen LogP contribution is 2.27. The van der Waals surface area contributed by atoms with Crippen LogP contribution < -0.4 is 10.1 Å². The number of aliphatic carboxylic acids is 1. The molecule has 124 valence electrons. The molecule has 0 radical (unpaired) electrons. The Morgan fingerprint density at radius 1 is 1.13 bits per heavy atom. The van der Waals surface area contributed by atoms with Crippen LogP contribution in [0.4, 0.5) is 0 Å². The largest absolute Gasteiger partial charge is 0.480 e. The van der Waals surface area contributed by atoms with Crippen LogP contribution in [0.1, 0.15) is 49.4 Å². The number of hydrogen-bond acceptors (Lipinski definition) is 4. The smallest absolute Gasteiger partial charge is 0.326 e. The normalized spacial score (nSPS) is 16.4. The SMILES string of the molecule is CC(=O)Oc1ccc(C(=O)N[C@@H](C(=O)O)C2CCCCC2)cc1. The molecule has 0 aromatic heterocycles. The molecule has 1 saturated carbocycles. The van der Waals surface area contributed by atoms with Gasteiger partial charge in [-0.3, -0.25) is 9.59 Å². The van der Waals surface area contributed by atoms with Crippen LogP contribution in [-0.2, 0) is 9.59 Å². The molecule has 0 aliphatic heterocycles. The molecule has 1 amide bonds. The minimum atomic E-state index is -0.998. The highest BCUT2D eigenvalue weighted by Gasteiger charge is 2.30. The number of amides is 1. The number of nitrogens with one attached hydrogen (secondary N) is 1. The van der Waals surface area contributed by atoms with Crippen LogP contribution in [0.5, 0.6) is 5.75 Å². The molecule has 1 aromatic carbocycles. The Kier molecular flexibility index (Phi) is 5.73. The molecule has 1 aliphatic carbocycles. The fraction of sp³-hybridized carbons (Fsp3) is 0.471. The number of carbonyl (C=O) groups is 3. The lowest BCUT2D eigenvalue weighted by Crippen LogP contribution is -2.46. The zero-order valence-corrected chi connectivity index (χ0v) is 13.1. The maximum atomic E-state index is 12.3. The van der Waals surface area contributed by atoms with Gasteiger partial charge in [-0.15, -0.1) is 0 Å². The van der Waals surface area contributed by atoms with Crippen LogP contribution in [0.15, 0.2) is 24.3 Å². The van der Waals surface area contributed by atoms with Crippen molar-refractivity contribution in [2.24, 2.45) is 5.92 Å². The Labute approximate surface area is 134 Å². The summed E-state index contributed by atoms with van der Waals surface area (Å²) < 4.78 is 4.90.